The van der Waals surface area contributed by atoms with Crippen LogP contribution in [-0.4, -0.2) is 26.0 Å². The lowest BCUT2D eigenvalue weighted by atomic mass is 10.0. The summed E-state index contributed by atoms with van der Waals surface area (Å²) in [5.41, 5.74) is 1.40. The molecule has 0 saturated heterocycles. The average Bonchev–Trinajstić information content (AvgIpc) is 2.73. The summed E-state index contributed by atoms with van der Waals surface area (Å²) in [5, 5.41) is 0. The normalized spacial score (nSPS) is 10.1. The Hall–Kier alpha value is -3.60. The van der Waals surface area contributed by atoms with Crippen LogP contribution in [0, 0.1) is 0 Å². The van der Waals surface area contributed by atoms with E-state index in [1.807, 2.05) is 18.2 Å². The Labute approximate surface area is 157 Å². The van der Waals surface area contributed by atoms with Gasteiger partial charge in [-0.3, -0.25) is 4.79 Å². The van der Waals surface area contributed by atoms with Gasteiger partial charge in [-0.15, -0.1) is 0 Å². The molecular formula is C22H18O5. The summed E-state index contributed by atoms with van der Waals surface area (Å²) in [4.78, 5) is 24.8. The first kappa shape index (κ1) is 18.2. The molecule has 0 amide bonds. The van der Waals surface area contributed by atoms with Crippen LogP contribution in [0.4, 0.5) is 0 Å². The molecule has 0 radical (unpaired) electrons. The highest BCUT2D eigenvalue weighted by Crippen LogP contribution is 2.26. The van der Waals surface area contributed by atoms with Crippen molar-refractivity contribution in [1.82, 2.24) is 0 Å². The highest BCUT2D eigenvalue weighted by Gasteiger charge is 2.16. The molecule has 0 aliphatic heterocycles. The molecule has 0 aliphatic rings. The summed E-state index contributed by atoms with van der Waals surface area (Å²) < 4.78 is 15.7. The number of carbonyl (C=O) groups is 2. The number of hydrogen-bond acceptors (Lipinski definition) is 5. The maximum Gasteiger partial charge on any atom is 0.347 e. The van der Waals surface area contributed by atoms with Gasteiger partial charge < -0.3 is 14.2 Å². The van der Waals surface area contributed by atoms with Gasteiger partial charge in [-0.2, -0.15) is 0 Å². The molecular weight excluding hydrogens is 344 g/mol. The van der Waals surface area contributed by atoms with Crippen LogP contribution in [0.1, 0.15) is 26.3 Å². The van der Waals surface area contributed by atoms with Gasteiger partial charge in [0.05, 0.1) is 14.2 Å². The van der Waals surface area contributed by atoms with Crippen molar-refractivity contribution >= 4 is 11.8 Å². The molecule has 27 heavy (non-hydrogen) atoms. The van der Waals surface area contributed by atoms with Gasteiger partial charge in [0.25, 0.3) is 0 Å². The molecule has 0 spiro atoms. The Morgan fingerprint density at radius 1 is 0.704 bits per heavy atom. The van der Waals surface area contributed by atoms with E-state index in [9.17, 15) is 9.59 Å². The van der Waals surface area contributed by atoms with Crippen LogP contribution in [0.25, 0.3) is 0 Å². The number of hydrogen-bond donors (Lipinski definition) is 0. The Bertz CT molecular complexity index is 946. The zero-order valence-corrected chi connectivity index (χ0v) is 15.0. The van der Waals surface area contributed by atoms with Crippen LogP contribution in [-0.2, 0) is 0 Å². The highest BCUT2D eigenvalue weighted by molar-refractivity contribution is 6.09. The van der Waals surface area contributed by atoms with E-state index >= 15 is 0 Å². The topological polar surface area (TPSA) is 61.8 Å². The molecule has 3 rings (SSSR count). The second kappa shape index (κ2) is 8.19. The first-order chi connectivity index (χ1) is 13.1. The minimum atomic E-state index is -0.559. The molecule has 5 heteroatoms. The number of rotatable bonds is 6. The van der Waals surface area contributed by atoms with Crippen molar-refractivity contribution in [2.24, 2.45) is 0 Å². The standard InChI is InChI=1S/C22H18O5/c1-25-18-12-13-19(20(14-18)26-2)22(24)27-17-10-8-16(9-11-17)21(23)15-6-4-3-5-7-15/h3-14H,1-2H3. The fourth-order valence-electron chi connectivity index (χ4n) is 2.56. The summed E-state index contributed by atoms with van der Waals surface area (Å²) in [7, 11) is 3.00. The predicted molar refractivity (Wildman–Crippen MR) is 101 cm³/mol. The molecule has 0 heterocycles. The van der Waals surface area contributed by atoms with Gasteiger partial charge in [0, 0.05) is 17.2 Å². The molecule has 5 nitrogen and oxygen atoms in total. The van der Waals surface area contributed by atoms with E-state index in [0.717, 1.165) is 0 Å². The molecule has 0 unspecified atom stereocenters. The van der Waals surface area contributed by atoms with Crippen molar-refractivity contribution in [3.63, 3.8) is 0 Å². The minimum Gasteiger partial charge on any atom is -0.497 e. The third-order valence-corrected chi connectivity index (χ3v) is 3.99. The third-order valence-electron chi connectivity index (χ3n) is 3.99. The van der Waals surface area contributed by atoms with Crippen molar-refractivity contribution < 1.29 is 23.8 Å². The van der Waals surface area contributed by atoms with Crippen molar-refractivity contribution in [2.75, 3.05) is 14.2 Å². The van der Waals surface area contributed by atoms with E-state index in [-0.39, 0.29) is 11.3 Å². The van der Waals surface area contributed by atoms with E-state index in [1.165, 1.54) is 14.2 Å². The lowest BCUT2D eigenvalue weighted by molar-refractivity contribution is 0.0731. The average molecular weight is 362 g/mol. The van der Waals surface area contributed by atoms with Crippen LogP contribution in [0.2, 0.25) is 0 Å². The van der Waals surface area contributed by atoms with E-state index in [2.05, 4.69) is 0 Å². The van der Waals surface area contributed by atoms with Gasteiger partial charge in [0.15, 0.2) is 5.78 Å². The van der Waals surface area contributed by atoms with E-state index in [4.69, 9.17) is 14.2 Å². The molecule has 0 N–H and O–H groups in total. The maximum atomic E-state index is 12.4. The highest BCUT2D eigenvalue weighted by atomic mass is 16.5. The second-order valence-electron chi connectivity index (χ2n) is 5.68. The Morgan fingerprint density at radius 2 is 1.33 bits per heavy atom. The van der Waals surface area contributed by atoms with Gasteiger partial charge in [-0.1, -0.05) is 30.3 Å². The quantitative estimate of drug-likeness (QED) is 0.374. The lowest BCUT2D eigenvalue weighted by Gasteiger charge is -2.10. The Kier molecular flexibility index (Phi) is 5.52. The SMILES string of the molecule is COc1ccc(C(=O)Oc2ccc(C(=O)c3ccccc3)cc2)c(OC)c1. The van der Waals surface area contributed by atoms with Crippen molar-refractivity contribution in [2.45, 2.75) is 0 Å². The molecule has 0 fully saturated rings. The van der Waals surface area contributed by atoms with Crippen molar-refractivity contribution in [3.8, 4) is 17.2 Å². The largest absolute Gasteiger partial charge is 0.497 e. The smallest absolute Gasteiger partial charge is 0.347 e. The summed E-state index contributed by atoms with van der Waals surface area (Å²) in [6, 6.07) is 20.3. The Balaban J connectivity index is 1.75. The number of esters is 1. The Morgan fingerprint density at radius 3 is 1.96 bits per heavy atom. The molecule has 0 aliphatic carbocycles. The molecule has 0 saturated carbocycles. The zero-order chi connectivity index (χ0) is 19.2. The first-order valence-electron chi connectivity index (χ1n) is 8.26. The first-order valence-corrected chi connectivity index (χ1v) is 8.26. The molecule has 0 aromatic heterocycles. The van der Waals surface area contributed by atoms with Crippen LogP contribution in [0.3, 0.4) is 0 Å². The van der Waals surface area contributed by atoms with Crippen molar-refractivity contribution in [3.05, 3.63) is 89.5 Å². The number of methoxy groups -OCH3 is 2. The fraction of sp³-hybridized carbons (Fsp3) is 0.0909. The minimum absolute atomic E-state index is 0.0923. The number of benzene rings is 3. The summed E-state index contributed by atoms with van der Waals surface area (Å²) in [5.74, 6) is 0.617. The van der Waals surface area contributed by atoms with Gasteiger partial charge in [0.2, 0.25) is 0 Å². The molecule has 3 aromatic carbocycles. The van der Waals surface area contributed by atoms with E-state index in [1.54, 1.807) is 54.6 Å². The monoisotopic (exact) mass is 362 g/mol. The van der Waals surface area contributed by atoms with Gasteiger partial charge >= 0.3 is 5.97 Å². The van der Waals surface area contributed by atoms with Crippen LogP contribution in [0.15, 0.2) is 72.8 Å². The van der Waals surface area contributed by atoms with Crippen molar-refractivity contribution in [1.29, 1.82) is 0 Å². The van der Waals surface area contributed by atoms with E-state index < -0.39 is 5.97 Å². The molecule has 0 bridgehead atoms. The van der Waals surface area contributed by atoms with Crippen LogP contribution >= 0.6 is 0 Å². The fourth-order valence-corrected chi connectivity index (χ4v) is 2.56. The summed E-state index contributed by atoms with van der Waals surface area (Å²) in [6.45, 7) is 0. The molecule has 0 atom stereocenters. The molecule has 3 aromatic rings. The third kappa shape index (κ3) is 4.15. The number of ether oxygens (including phenoxy) is 3. The maximum absolute atomic E-state index is 12.4. The number of ketones is 1. The van der Waals surface area contributed by atoms with Crippen LogP contribution < -0.4 is 14.2 Å². The van der Waals surface area contributed by atoms with Gasteiger partial charge in [0.1, 0.15) is 22.8 Å². The predicted octanol–water partition coefficient (Wildman–Crippen LogP) is 4.15. The van der Waals surface area contributed by atoms with Crippen LogP contribution in [0.5, 0.6) is 17.2 Å². The second-order valence-corrected chi connectivity index (χ2v) is 5.68. The molecule has 136 valence electrons. The zero-order valence-electron chi connectivity index (χ0n) is 15.0. The van der Waals surface area contributed by atoms with E-state index in [0.29, 0.717) is 28.4 Å². The van der Waals surface area contributed by atoms with Gasteiger partial charge in [-0.05, 0) is 36.4 Å². The number of carbonyl (C=O) groups excluding carboxylic acids is 2. The lowest BCUT2D eigenvalue weighted by Crippen LogP contribution is -2.10. The van der Waals surface area contributed by atoms with Gasteiger partial charge in [-0.25, -0.2) is 4.79 Å². The summed E-state index contributed by atoms with van der Waals surface area (Å²) in [6.07, 6.45) is 0. The summed E-state index contributed by atoms with van der Waals surface area (Å²) >= 11 is 0.